The van der Waals surface area contributed by atoms with Crippen molar-refractivity contribution in [2.75, 3.05) is 31.3 Å². The summed E-state index contributed by atoms with van der Waals surface area (Å²) in [5.41, 5.74) is -3.67. The minimum atomic E-state index is -3.54. The second kappa shape index (κ2) is 3.40. The zero-order valence-electron chi connectivity index (χ0n) is 8.86. The third kappa shape index (κ3) is 1.45. The highest BCUT2D eigenvalue weighted by atomic mass is 32.2. The van der Waals surface area contributed by atoms with Crippen molar-refractivity contribution in [3.63, 3.8) is 0 Å². The summed E-state index contributed by atoms with van der Waals surface area (Å²) < 4.78 is 47.0. The third-order valence-electron chi connectivity index (χ3n) is 3.11. The number of esters is 1. The van der Waals surface area contributed by atoms with Gasteiger partial charge in [0, 0.05) is 0 Å². The normalized spacial score (nSPS) is 34.6. The lowest BCUT2D eigenvalue weighted by Crippen LogP contribution is -2.61. The molecule has 0 N–H and O–H groups in total. The Labute approximate surface area is 92.8 Å². The fraction of sp³-hybridized carbons (Fsp3) is 0.889. The van der Waals surface area contributed by atoms with Crippen molar-refractivity contribution < 1.29 is 27.1 Å². The lowest BCUT2D eigenvalue weighted by molar-refractivity contribution is -0.196. The van der Waals surface area contributed by atoms with Gasteiger partial charge in [-0.2, -0.15) is 0 Å². The summed E-state index contributed by atoms with van der Waals surface area (Å²) in [7, 11) is -3.54. The zero-order chi connectivity index (χ0) is 12.0. The SMILES string of the molecule is CCOC(=O)C1(F)CS(=O)(=O)CC12COC2. The predicted molar refractivity (Wildman–Crippen MR) is 52.4 cm³/mol. The molecule has 0 bridgehead atoms. The Morgan fingerprint density at radius 3 is 2.50 bits per heavy atom. The molecule has 92 valence electrons. The van der Waals surface area contributed by atoms with Crippen molar-refractivity contribution in [3.05, 3.63) is 0 Å². The van der Waals surface area contributed by atoms with Gasteiger partial charge >= 0.3 is 5.97 Å². The number of hydrogen-bond acceptors (Lipinski definition) is 5. The highest BCUT2D eigenvalue weighted by Crippen LogP contribution is 2.49. The Balaban J connectivity index is 2.34. The van der Waals surface area contributed by atoms with Crippen molar-refractivity contribution in [1.82, 2.24) is 0 Å². The molecule has 1 spiro atoms. The molecule has 2 heterocycles. The van der Waals surface area contributed by atoms with Gasteiger partial charge in [-0.15, -0.1) is 0 Å². The third-order valence-corrected chi connectivity index (χ3v) is 4.94. The first-order valence-electron chi connectivity index (χ1n) is 5.00. The van der Waals surface area contributed by atoms with E-state index in [2.05, 4.69) is 4.74 Å². The number of ether oxygens (including phenoxy) is 2. The molecular formula is C9H13FO5S. The Morgan fingerprint density at radius 1 is 1.44 bits per heavy atom. The molecule has 16 heavy (non-hydrogen) atoms. The van der Waals surface area contributed by atoms with E-state index in [-0.39, 0.29) is 25.6 Å². The number of carbonyl (C=O) groups excluding carboxylic acids is 1. The number of sulfone groups is 1. The lowest BCUT2D eigenvalue weighted by atomic mass is 9.74. The van der Waals surface area contributed by atoms with Crippen molar-refractivity contribution in [3.8, 4) is 0 Å². The second-order valence-corrected chi connectivity index (χ2v) is 6.39. The first kappa shape index (κ1) is 11.8. The summed E-state index contributed by atoms with van der Waals surface area (Å²) in [5, 5.41) is 0. The van der Waals surface area contributed by atoms with Crippen LogP contribution in [0.1, 0.15) is 6.92 Å². The fourth-order valence-corrected chi connectivity index (χ4v) is 4.59. The van der Waals surface area contributed by atoms with Gasteiger partial charge in [-0.3, -0.25) is 0 Å². The van der Waals surface area contributed by atoms with Gasteiger partial charge in [-0.05, 0) is 6.92 Å². The quantitative estimate of drug-likeness (QED) is 0.631. The predicted octanol–water partition coefficient (Wildman–Crippen LogP) is -0.297. The largest absolute Gasteiger partial charge is 0.464 e. The molecule has 2 aliphatic rings. The molecule has 5 nitrogen and oxygen atoms in total. The van der Waals surface area contributed by atoms with E-state index in [1.165, 1.54) is 0 Å². The molecule has 0 amide bonds. The van der Waals surface area contributed by atoms with Crippen LogP contribution in [0.5, 0.6) is 0 Å². The van der Waals surface area contributed by atoms with E-state index in [1.807, 2.05) is 0 Å². The fourth-order valence-electron chi connectivity index (χ4n) is 2.22. The molecule has 0 saturated carbocycles. The molecule has 2 fully saturated rings. The molecule has 2 saturated heterocycles. The maximum atomic E-state index is 14.6. The first-order chi connectivity index (χ1) is 7.35. The Morgan fingerprint density at radius 2 is 2.06 bits per heavy atom. The van der Waals surface area contributed by atoms with Crippen LogP contribution in [0.15, 0.2) is 0 Å². The number of alkyl halides is 1. The Bertz CT molecular complexity index is 414. The van der Waals surface area contributed by atoms with Gasteiger partial charge in [0.1, 0.15) is 0 Å². The summed E-state index contributed by atoms with van der Waals surface area (Å²) in [6, 6.07) is 0. The maximum absolute atomic E-state index is 14.6. The van der Waals surface area contributed by atoms with E-state index in [0.29, 0.717) is 0 Å². The molecule has 0 aromatic rings. The topological polar surface area (TPSA) is 69.7 Å². The molecule has 1 unspecified atom stereocenters. The minimum absolute atomic E-state index is 0.0293. The van der Waals surface area contributed by atoms with E-state index in [1.54, 1.807) is 6.92 Å². The Hall–Kier alpha value is -0.690. The minimum Gasteiger partial charge on any atom is -0.464 e. The summed E-state index contributed by atoms with van der Waals surface area (Å²) in [5.74, 6) is -2.21. The van der Waals surface area contributed by atoms with Crippen LogP contribution in [-0.2, 0) is 24.1 Å². The number of carbonyl (C=O) groups is 1. The molecule has 7 heteroatoms. The highest BCUT2D eigenvalue weighted by molar-refractivity contribution is 7.91. The maximum Gasteiger partial charge on any atom is 0.345 e. The molecule has 0 aromatic carbocycles. The number of hydrogen-bond donors (Lipinski definition) is 0. The van der Waals surface area contributed by atoms with Crippen molar-refractivity contribution >= 4 is 15.8 Å². The van der Waals surface area contributed by atoms with Crippen LogP contribution in [-0.4, -0.2) is 51.4 Å². The highest BCUT2D eigenvalue weighted by Gasteiger charge is 2.70. The van der Waals surface area contributed by atoms with Crippen LogP contribution in [0.2, 0.25) is 0 Å². The van der Waals surface area contributed by atoms with Crippen LogP contribution in [0.25, 0.3) is 0 Å². The molecule has 0 aliphatic carbocycles. The summed E-state index contributed by atoms with van der Waals surface area (Å²) in [6.07, 6.45) is 0. The van der Waals surface area contributed by atoms with E-state index in [0.717, 1.165) is 0 Å². The van der Waals surface area contributed by atoms with Gasteiger partial charge in [0.25, 0.3) is 0 Å². The standard InChI is InChI=1S/C9H13FO5S/c1-2-15-7(11)9(10)6-16(12,13)5-8(9)3-14-4-8/h2-6H2,1H3. The van der Waals surface area contributed by atoms with Crippen molar-refractivity contribution in [2.45, 2.75) is 12.6 Å². The van der Waals surface area contributed by atoms with Gasteiger partial charge in [0.2, 0.25) is 5.67 Å². The molecule has 2 aliphatic heterocycles. The van der Waals surface area contributed by atoms with Crippen LogP contribution in [0.4, 0.5) is 4.39 Å². The van der Waals surface area contributed by atoms with Gasteiger partial charge in [0.15, 0.2) is 9.84 Å². The molecule has 2 rings (SSSR count). The van der Waals surface area contributed by atoms with Gasteiger partial charge in [0.05, 0.1) is 36.7 Å². The van der Waals surface area contributed by atoms with Crippen molar-refractivity contribution in [2.24, 2.45) is 5.41 Å². The number of halogens is 1. The number of rotatable bonds is 2. The smallest absolute Gasteiger partial charge is 0.345 e. The Kier molecular flexibility index (Phi) is 2.50. The summed E-state index contributed by atoms with van der Waals surface area (Å²) in [4.78, 5) is 11.5. The average Bonchev–Trinajstić information content (AvgIpc) is 2.33. The summed E-state index contributed by atoms with van der Waals surface area (Å²) >= 11 is 0. The van der Waals surface area contributed by atoms with Crippen LogP contribution in [0.3, 0.4) is 0 Å². The van der Waals surface area contributed by atoms with E-state index in [4.69, 9.17) is 4.74 Å². The molecule has 0 radical (unpaired) electrons. The van der Waals surface area contributed by atoms with Crippen LogP contribution in [0, 0.1) is 5.41 Å². The molecule has 1 atom stereocenters. The van der Waals surface area contributed by atoms with Gasteiger partial charge < -0.3 is 9.47 Å². The van der Waals surface area contributed by atoms with Crippen molar-refractivity contribution in [1.29, 1.82) is 0 Å². The molecular weight excluding hydrogens is 239 g/mol. The van der Waals surface area contributed by atoms with E-state index >= 15 is 0 Å². The monoisotopic (exact) mass is 252 g/mol. The van der Waals surface area contributed by atoms with E-state index < -0.39 is 32.6 Å². The lowest BCUT2D eigenvalue weighted by Gasteiger charge is -2.43. The van der Waals surface area contributed by atoms with Gasteiger partial charge in [-0.25, -0.2) is 17.6 Å². The second-order valence-electron chi connectivity index (χ2n) is 4.33. The average molecular weight is 252 g/mol. The zero-order valence-corrected chi connectivity index (χ0v) is 9.68. The molecule has 0 aromatic heterocycles. The van der Waals surface area contributed by atoms with E-state index in [9.17, 15) is 17.6 Å². The van der Waals surface area contributed by atoms with Crippen LogP contribution >= 0.6 is 0 Å². The van der Waals surface area contributed by atoms with Gasteiger partial charge in [-0.1, -0.05) is 0 Å². The first-order valence-corrected chi connectivity index (χ1v) is 6.82. The summed E-state index contributed by atoms with van der Waals surface area (Å²) in [6.45, 7) is 1.50. The van der Waals surface area contributed by atoms with Crippen LogP contribution < -0.4 is 0 Å².